The molecular weight excluding hydrogens is 250 g/mol. The van der Waals surface area contributed by atoms with E-state index in [9.17, 15) is 4.79 Å². The van der Waals surface area contributed by atoms with Crippen molar-refractivity contribution < 1.29 is 4.79 Å². The maximum absolute atomic E-state index is 12.1. The minimum Gasteiger partial charge on any atom is -0.310 e. The molecule has 102 valence electrons. The first-order valence-electron chi connectivity index (χ1n) is 7.02. The van der Waals surface area contributed by atoms with Gasteiger partial charge in [0.15, 0.2) is 5.82 Å². The van der Waals surface area contributed by atoms with Crippen LogP contribution in [0.3, 0.4) is 0 Å². The van der Waals surface area contributed by atoms with Crippen LogP contribution in [0.2, 0.25) is 0 Å². The highest BCUT2D eigenvalue weighted by atomic mass is 16.1. The second-order valence-corrected chi connectivity index (χ2v) is 5.10. The first-order valence-corrected chi connectivity index (χ1v) is 7.02. The van der Waals surface area contributed by atoms with E-state index in [0.29, 0.717) is 11.6 Å². The third-order valence-corrected chi connectivity index (χ3v) is 3.66. The maximum Gasteiger partial charge on any atom is 0.228 e. The Morgan fingerprint density at radius 2 is 1.85 bits per heavy atom. The van der Waals surface area contributed by atoms with Crippen LogP contribution in [-0.2, 0) is 4.79 Å². The van der Waals surface area contributed by atoms with Gasteiger partial charge in [0.2, 0.25) is 5.91 Å². The smallest absolute Gasteiger partial charge is 0.228 e. The lowest BCUT2D eigenvalue weighted by molar-refractivity contribution is -0.119. The molecular formula is C16H17N3O. The Kier molecular flexibility index (Phi) is 3.72. The Morgan fingerprint density at radius 1 is 1.10 bits per heavy atom. The maximum atomic E-state index is 12.1. The molecule has 1 aromatic heterocycles. The molecule has 1 heterocycles. The number of nitrogens with zero attached hydrogens (tertiary/aromatic N) is 2. The van der Waals surface area contributed by atoms with E-state index >= 15 is 0 Å². The van der Waals surface area contributed by atoms with Crippen LogP contribution in [0.4, 0.5) is 5.82 Å². The second-order valence-electron chi connectivity index (χ2n) is 5.10. The average Bonchev–Trinajstić information content (AvgIpc) is 3.03. The van der Waals surface area contributed by atoms with Crippen molar-refractivity contribution in [2.75, 3.05) is 5.32 Å². The molecule has 3 rings (SSSR count). The van der Waals surface area contributed by atoms with Gasteiger partial charge in [-0.15, -0.1) is 0 Å². The van der Waals surface area contributed by atoms with Gasteiger partial charge >= 0.3 is 0 Å². The van der Waals surface area contributed by atoms with Gasteiger partial charge in [0, 0.05) is 17.7 Å². The number of hydrogen-bond donors (Lipinski definition) is 1. The fraction of sp³-hybridized carbons (Fsp3) is 0.312. The summed E-state index contributed by atoms with van der Waals surface area (Å²) in [6, 6.07) is 11.5. The lowest BCUT2D eigenvalue weighted by Crippen LogP contribution is -2.21. The predicted octanol–water partition coefficient (Wildman–Crippen LogP) is 3.27. The molecule has 4 heteroatoms. The van der Waals surface area contributed by atoms with Crippen LogP contribution in [0.5, 0.6) is 0 Å². The summed E-state index contributed by atoms with van der Waals surface area (Å²) in [6.45, 7) is 0. The van der Waals surface area contributed by atoms with Gasteiger partial charge < -0.3 is 5.32 Å². The monoisotopic (exact) mass is 267 g/mol. The molecule has 0 bridgehead atoms. The van der Waals surface area contributed by atoms with Crippen LogP contribution in [0.1, 0.15) is 25.7 Å². The molecule has 1 fully saturated rings. The highest BCUT2D eigenvalue weighted by Gasteiger charge is 2.22. The van der Waals surface area contributed by atoms with Crippen molar-refractivity contribution in [2.24, 2.45) is 5.92 Å². The molecule has 1 amide bonds. The fourth-order valence-corrected chi connectivity index (χ4v) is 2.57. The van der Waals surface area contributed by atoms with Crippen molar-refractivity contribution in [3.8, 4) is 11.4 Å². The second kappa shape index (κ2) is 5.82. The summed E-state index contributed by atoms with van der Waals surface area (Å²) in [5.41, 5.74) is 0.949. The van der Waals surface area contributed by atoms with Crippen molar-refractivity contribution in [3.05, 3.63) is 42.6 Å². The summed E-state index contributed by atoms with van der Waals surface area (Å²) in [6.07, 6.45) is 5.96. The van der Waals surface area contributed by atoms with E-state index in [0.717, 1.165) is 31.2 Å². The third-order valence-electron chi connectivity index (χ3n) is 3.66. The topological polar surface area (TPSA) is 54.9 Å². The van der Waals surface area contributed by atoms with Gasteiger partial charge in [-0.25, -0.2) is 9.97 Å². The molecule has 0 unspecified atom stereocenters. The SMILES string of the molecule is O=C(Nc1ccnc(-c2ccccc2)n1)C1CCCC1. The molecule has 0 saturated heterocycles. The van der Waals surface area contributed by atoms with Crippen LogP contribution in [0.25, 0.3) is 11.4 Å². The average molecular weight is 267 g/mol. The molecule has 0 radical (unpaired) electrons. The van der Waals surface area contributed by atoms with Crippen LogP contribution in [0.15, 0.2) is 42.6 Å². The Morgan fingerprint density at radius 3 is 2.60 bits per heavy atom. The Labute approximate surface area is 118 Å². The van der Waals surface area contributed by atoms with Gasteiger partial charge in [0.25, 0.3) is 0 Å². The van der Waals surface area contributed by atoms with Crippen LogP contribution >= 0.6 is 0 Å². The summed E-state index contributed by atoms with van der Waals surface area (Å²) in [7, 11) is 0. The number of nitrogens with one attached hydrogen (secondary N) is 1. The molecule has 0 atom stereocenters. The number of carbonyl (C=O) groups excluding carboxylic acids is 1. The quantitative estimate of drug-likeness (QED) is 0.928. The van der Waals surface area contributed by atoms with Crippen molar-refractivity contribution in [3.63, 3.8) is 0 Å². The van der Waals surface area contributed by atoms with E-state index in [1.165, 1.54) is 0 Å². The first kappa shape index (κ1) is 12.8. The zero-order chi connectivity index (χ0) is 13.8. The summed E-state index contributed by atoms with van der Waals surface area (Å²) >= 11 is 0. The van der Waals surface area contributed by atoms with Crippen molar-refractivity contribution in [1.29, 1.82) is 0 Å². The molecule has 1 aliphatic carbocycles. The van der Waals surface area contributed by atoms with Crippen LogP contribution in [0, 0.1) is 5.92 Å². The molecule has 20 heavy (non-hydrogen) atoms. The lowest BCUT2D eigenvalue weighted by atomic mass is 10.1. The molecule has 0 spiro atoms. The van der Waals surface area contributed by atoms with E-state index in [2.05, 4.69) is 15.3 Å². The summed E-state index contributed by atoms with van der Waals surface area (Å²) in [5, 5.41) is 2.90. The number of anilines is 1. The standard InChI is InChI=1S/C16H17N3O/c20-16(13-8-4-5-9-13)19-14-10-11-17-15(18-14)12-6-2-1-3-7-12/h1-3,6-7,10-11,13H,4-5,8-9H2,(H,17,18,19,20). The Bertz CT molecular complexity index is 592. The minimum absolute atomic E-state index is 0.0835. The van der Waals surface area contributed by atoms with Crippen LogP contribution < -0.4 is 5.32 Å². The van der Waals surface area contributed by atoms with Crippen molar-refractivity contribution in [2.45, 2.75) is 25.7 Å². The van der Waals surface area contributed by atoms with E-state index in [-0.39, 0.29) is 11.8 Å². The van der Waals surface area contributed by atoms with Gasteiger partial charge in [-0.05, 0) is 18.9 Å². The molecule has 1 aliphatic rings. The van der Waals surface area contributed by atoms with Gasteiger partial charge in [0.1, 0.15) is 5.82 Å². The normalized spacial score (nSPS) is 15.2. The van der Waals surface area contributed by atoms with Gasteiger partial charge in [-0.2, -0.15) is 0 Å². The number of rotatable bonds is 3. The third kappa shape index (κ3) is 2.85. The largest absolute Gasteiger partial charge is 0.310 e. The van der Waals surface area contributed by atoms with E-state index in [1.807, 2.05) is 30.3 Å². The molecule has 1 N–H and O–H groups in total. The first-order chi connectivity index (χ1) is 9.83. The molecule has 1 aromatic carbocycles. The molecule has 1 saturated carbocycles. The summed E-state index contributed by atoms with van der Waals surface area (Å²) in [4.78, 5) is 20.8. The van der Waals surface area contributed by atoms with Gasteiger partial charge in [0.05, 0.1) is 0 Å². The van der Waals surface area contributed by atoms with E-state index in [4.69, 9.17) is 0 Å². The summed E-state index contributed by atoms with van der Waals surface area (Å²) < 4.78 is 0. The zero-order valence-electron chi connectivity index (χ0n) is 11.2. The lowest BCUT2D eigenvalue weighted by Gasteiger charge is -2.10. The highest BCUT2D eigenvalue weighted by Crippen LogP contribution is 2.26. The minimum atomic E-state index is 0.0835. The van der Waals surface area contributed by atoms with E-state index in [1.54, 1.807) is 12.3 Å². The Balaban J connectivity index is 1.76. The van der Waals surface area contributed by atoms with Crippen molar-refractivity contribution in [1.82, 2.24) is 9.97 Å². The number of benzene rings is 1. The number of hydrogen-bond acceptors (Lipinski definition) is 3. The number of carbonyl (C=O) groups is 1. The zero-order valence-corrected chi connectivity index (χ0v) is 11.2. The van der Waals surface area contributed by atoms with Crippen LogP contribution in [-0.4, -0.2) is 15.9 Å². The molecule has 4 nitrogen and oxygen atoms in total. The number of amides is 1. The predicted molar refractivity (Wildman–Crippen MR) is 78.1 cm³/mol. The van der Waals surface area contributed by atoms with Gasteiger partial charge in [-0.1, -0.05) is 43.2 Å². The van der Waals surface area contributed by atoms with Gasteiger partial charge in [-0.3, -0.25) is 4.79 Å². The Hall–Kier alpha value is -2.23. The highest BCUT2D eigenvalue weighted by molar-refractivity contribution is 5.91. The van der Waals surface area contributed by atoms with E-state index < -0.39 is 0 Å². The van der Waals surface area contributed by atoms with Crippen molar-refractivity contribution >= 4 is 11.7 Å². The fourth-order valence-electron chi connectivity index (χ4n) is 2.57. The molecule has 2 aromatic rings. The number of aromatic nitrogens is 2. The summed E-state index contributed by atoms with van der Waals surface area (Å²) in [5.74, 6) is 1.44. The molecule has 0 aliphatic heterocycles.